The standard InChI is InChI=1S/C10H11NO2S/c12-6-1-3-11-8(5-6)9-7(10(11)13)2-4-14-9/h7H,1-5H2. The zero-order valence-corrected chi connectivity index (χ0v) is 8.60. The molecule has 0 N–H and O–H groups in total. The van der Waals surface area contributed by atoms with E-state index in [2.05, 4.69) is 0 Å². The van der Waals surface area contributed by atoms with Gasteiger partial charge in [-0.25, -0.2) is 0 Å². The largest absolute Gasteiger partial charge is 0.314 e. The highest BCUT2D eigenvalue weighted by atomic mass is 32.2. The Hall–Kier alpha value is -0.770. The summed E-state index contributed by atoms with van der Waals surface area (Å²) < 4.78 is 0. The fourth-order valence-corrected chi connectivity index (χ4v) is 3.77. The number of nitrogens with zero attached hydrogens (tertiary/aromatic N) is 1. The van der Waals surface area contributed by atoms with Gasteiger partial charge in [-0.1, -0.05) is 0 Å². The number of thioether (sulfide) groups is 1. The van der Waals surface area contributed by atoms with E-state index in [1.54, 1.807) is 11.8 Å². The second-order valence-electron chi connectivity index (χ2n) is 3.96. The zero-order chi connectivity index (χ0) is 9.71. The molecule has 2 fully saturated rings. The number of ketones is 1. The minimum atomic E-state index is 0.112. The molecule has 2 saturated heterocycles. The molecule has 0 aliphatic carbocycles. The number of fused-ring (bicyclic) bond motifs is 2. The summed E-state index contributed by atoms with van der Waals surface area (Å²) >= 11 is 1.77. The first-order valence-corrected chi connectivity index (χ1v) is 5.95. The van der Waals surface area contributed by atoms with Crippen LogP contribution < -0.4 is 0 Å². The molecule has 1 unspecified atom stereocenters. The van der Waals surface area contributed by atoms with E-state index >= 15 is 0 Å². The number of piperidine rings is 1. The maximum atomic E-state index is 11.9. The fourth-order valence-electron chi connectivity index (χ4n) is 2.43. The molecule has 3 rings (SSSR count). The Kier molecular flexibility index (Phi) is 1.74. The monoisotopic (exact) mass is 209 g/mol. The number of carbonyl (C=O) groups is 2. The van der Waals surface area contributed by atoms with Crippen LogP contribution in [0.1, 0.15) is 19.3 Å². The van der Waals surface area contributed by atoms with Gasteiger partial charge >= 0.3 is 0 Å². The number of allylic oxidation sites excluding steroid dienone is 1. The zero-order valence-electron chi connectivity index (χ0n) is 7.78. The van der Waals surface area contributed by atoms with Crippen LogP contribution in [0.4, 0.5) is 0 Å². The molecule has 0 aromatic heterocycles. The molecule has 3 aliphatic heterocycles. The highest BCUT2D eigenvalue weighted by Gasteiger charge is 2.44. The normalized spacial score (nSPS) is 31.1. The third-order valence-corrected chi connectivity index (χ3v) is 4.40. The number of rotatable bonds is 0. The van der Waals surface area contributed by atoms with Gasteiger partial charge in [0, 0.05) is 30.0 Å². The van der Waals surface area contributed by atoms with Crippen LogP contribution in [-0.4, -0.2) is 28.9 Å². The van der Waals surface area contributed by atoms with Crippen molar-refractivity contribution in [2.45, 2.75) is 19.3 Å². The number of hydrogen-bond acceptors (Lipinski definition) is 3. The lowest BCUT2D eigenvalue weighted by atomic mass is 10.1. The van der Waals surface area contributed by atoms with Crippen LogP contribution in [-0.2, 0) is 9.59 Å². The quantitative estimate of drug-likeness (QED) is 0.600. The molecule has 0 aromatic rings. The van der Waals surface area contributed by atoms with Crippen molar-refractivity contribution in [3.8, 4) is 0 Å². The number of carbonyl (C=O) groups excluding carboxylic acids is 2. The maximum Gasteiger partial charge on any atom is 0.234 e. The average molecular weight is 209 g/mol. The molecule has 3 aliphatic rings. The average Bonchev–Trinajstić information content (AvgIpc) is 2.71. The van der Waals surface area contributed by atoms with Crippen LogP contribution in [0.2, 0.25) is 0 Å². The molecule has 0 spiro atoms. The Morgan fingerprint density at radius 3 is 3.07 bits per heavy atom. The summed E-state index contributed by atoms with van der Waals surface area (Å²) in [6.45, 7) is 0.619. The minimum Gasteiger partial charge on any atom is -0.314 e. The maximum absolute atomic E-state index is 11.9. The first-order valence-electron chi connectivity index (χ1n) is 4.96. The smallest absolute Gasteiger partial charge is 0.234 e. The van der Waals surface area contributed by atoms with E-state index in [0.29, 0.717) is 19.4 Å². The van der Waals surface area contributed by atoms with Crippen LogP contribution in [0.25, 0.3) is 0 Å². The van der Waals surface area contributed by atoms with Crippen LogP contribution in [0.3, 0.4) is 0 Å². The van der Waals surface area contributed by atoms with Gasteiger partial charge in [0.2, 0.25) is 5.91 Å². The van der Waals surface area contributed by atoms with Crippen molar-refractivity contribution in [3.05, 3.63) is 10.6 Å². The van der Waals surface area contributed by atoms with Crippen molar-refractivity contribution in [2.75, 3.05) is 12.3 Å². The van der Waals surface area contributed by atoms with Crippen LogP contribution >= 0.6 is 11.8 Å². The van der Waals surface area contributed by atoms with E-state index in [9.17, 15) is 9.59 Å². The lowest BCUT2D eigenvalue weighted by molar-refractivity contribution is -0.132. The van der Waals surface area contributed by atoms with E-state index in [1.165, 1.54) is 4.91 Å². The highest BCUT2D eigenvalue weighted by Crippen LogP contribution is 2.47. The summed E-state index contributed by atoms with van der Waals surface area (Å²) in [4.78, 5) is 26.2. The Morgan fingerprint density at radius 1 is 1.36 bits per heavy atom. The SMILES string of the molecule is O=C1CCN2C(=O)C3CCSC3=C2C1. The molecular formula is C10H11NO2S. The van der Waals surface area contributed by atoms with Crippen molar-refractivity contribution >= 4 is 23.5 Å². The van der Waals surface area contributed by atoms with Crippen LogP contribution in [0.15, 0.2) is 10.6 Å². The fraction of sp³-hybridized carbons (Fsp3) is 0.600. The van der Waals surface area contributed by atoms with E-state index in [-0.39, 0.29) is 17.6 Å². The predicted molar refractivity (Wildman–Crippen MR) is 53.5 cm³/mol. The van der Waals surface area contributed by atoms with Gasteiger partial charge in [0.1, 0.15) is 5.78 Å². The molecule has 1 atom stereocenters. The van der Waals surface area contributed by atoms with Gasteiger partial charge in [-0.05, 0) is 12.2 Å². The molecule has 74 valence electrons. The summed E-state index contributed by atoms with van der Waals surface area (Å²) in [5.74, 6) is 1.68. The minimum absolute atomic E-state index is 0.112. The van der Waals surface area contributed by atoms with Gasteiger partial charge in [-0.15, -0.1) is 11.8 Å². The van der Waals surface area contributed by atoms with Gasteiger partial charge in [0.25, 0.3) is 0 Å². The Balaban J connectivity index is 2.03. The summed E-state index contributed by atoms with van der Waals surface area (Å²) in [5, 5.41) is 0. The highest BCUT2D eigenvalue weighted by molar-refractivity contribution is 8.03. The summed E-state index contributed by atoms with van der Waals surface area (Å²) in [7, 11) is 0. The van der Waals surface area contributed by atoms with Crippen LogP contribution in [0, 0.1) is 5.92 Å². The van der Waals surface area contributed by atoms with E-state index in [0.717, 1.165) is 17.9 Å². The molecule has 0 aromatic carbocycles. The molecule has 1 amide bonds. The molecule has 14 heavy (non-hydrogen) atoms. The predicted octanol–water partition coefficient (Wildman–Crippen LogP) is 1.16. The molecular weight excluding hydrogens is 198 g/mol. The van der Waals surface area contributed by atoms with Gasteiger partial charge in [-0.3, -0.25) is 9.59 Å². The third-order valence-electron chi connectivity index (χ3n) is 3.13. The number of Topliss-reactive ketones (excluding diaryl/α,β-unsaturated/α-hetero) is 1. The summed E-state index contributed by atoms with van der Waals surface area (Å²) in [5.41, 5.74) is 1.03. The van der Waals surface area contributed by atoms with Gasteiger partial charge in [0.05, 0.1) is 5.92 Å². The van der Waals surface area contributed by atoms with Crippen molar-refractivity contribution in [1.29, 1.82) is 0 Å². The van der Waals surface area contributed by atoms with Gasteiger partial charge in [0.15, 0.2) is 0 Å². The first kappa shape index (κ1) is 8.53. The Morgan fingerprint density at radius 2 is 2.21 bits per heavy atom. The summed E-state index contributed by atoms with van der Waals surface area (Å²) in [6, 6.07) is 0. The lowest BCUT2D eigenvalue weighted by Gasteiger charge is -2.25. The molecule has 4 heteroatoms. The third kappa shape index (κ3) is 1.00. The van der Waals surface area contributed by atoms with E-state index in [4.69, 9.17) is 0 Å². The van der Waals surface area contributed by atoms with E-state index < -0.39 is 0 Å². The van der Waals surface area contributed by atoms with Gasteiger partial charge in [-0.2, -0.15) is 0 Å². The Bertz CT molecular complexity index is 361. The van der Waals surface area contributed by atoms with Crippen molar-refractivity contribution in [3.63, 3.8) is 0 Å². The molecule has 0 bridgehead atoms. The number of amides is 1. The van der Waals surface area contributed by atoms with Crippen molar-refractivity contribution in [2.24, 2.45) is 5.92 Å². The second-order valence-corrected chi connectivity index (χ2v) is 5.09. The van der Waals surface area contributed by atoms with Gasteiger partial charge < -0.3 is 4.90 Å². The van der Waals surface area contributed by atoms with E-state index in [1.807, 2.05) is 4.90 Å². The molecule has 3 nitrogen and oxygen atoms in total. The number of hydrogen-bond donors (Lipinski definition) is 0. The Labute approximate surface area is 86.5 Å². The molecule has 0 saturated carbocycles. The first-order chi connectivity index (χ1) is 6.77. The topological polar surface area (TPSA) is 37.4 Å². The molecule has 3 heterocycles. The summed E-state index contributed by atoms with van der Waals surface area (Å²) in [6.07, 6.45) is 2.00. The van der Waals surface area contributed by atoms with Crippen LogP contribution in [0.5, 0.6) is 0 Å². The second kappa shape index (κ2) is 2.86. The van der Waals surface area contributed by atoms with Crippen molar-refractivity contribution in [1.82, 2.24) is 4.90 Å². The molecule has 0 radical (unpaired) electrons. The van der Waals surface area contributed by atoms with Crippen molar-refractivity contribution < 1.29 is 9.59 Å². The lowest BCUT2D eigenvalue weighted by Crippen LogP contribution is -2.35.